The quantitative estimate of drug-likeness (QED) is 0.501. The van der Waals surface area contributed by atoms with Gasteiger partial charge in [0.2, 0.25) is 0 Å². The van der Waals surface area contributed by atoms with Crippen molar-refractivity contribution in [3.8, 4) is 0 Å². The second-order valence-electron chi connectivity index (χ2n) is 2.95. The molecular weight excluding hydrogens is 159 g/mol. The maximum atomic E-state index is 10.7. The molecule has 2 saturated carbocycles. The van der Waals surface area contributed by atoms with Gasteiger partial charge in [0.25, 0.3) is 0 Å². The molecule has 0 heterocycles. The van der Waals surface area contributed by atoms with E-state index in [-0.39, 0.29) is 11.2 Å². The van der Waals surface area contributed by atoms with Gasteiger partial charge in [-0.05, 0) is 12.8 Å². The SMILES string of the molecule is O=C1CC2(CC2)C1(Cl)Cl. The number of halogens is 2. The molecule has 50 valence electrons. The molecule has 1 nitrogen and oxygen atoms in total. The number of carbonyl (C=O) groups excluding carboxylic acids is 1. The Kier molecular flexibility index (Phi) is 0.867. The fourth-order valence-electron chi connectivity index (χ4n) is 1.36. The normalized spacial score (nSPS) is 34.2. The van der Waals surface area contributed by atoms with Crippen molar-refractivity contribution in [1.29, 1.82) is 0 Å². The van der Waals surface area contributed by atoms with Crippen LogP contribution in [0.4, 0.5) is 0 Å². The molecular formula is C6H6Cl2O. The monoisotopic (exact) mass is 164 g/mol. The summed E-state index contributed by atoms with van der Waals surface area (Å²) in [7, 11) is 0. The minimum atomic E-state index is -1.01. The average Bonchev–Trinajstić information content (AvgIpc) is 2.49. The third-order valence-corrected chi connectivity index (χ3v) is 3.59. The first-order valence-electron chi connectivity index (χ1n) is 3.00. The molecule has 9 heavy (non-hydrogen) atoms. The molecule has 0 bridgehead atoms. The van der Waals surface area contributed by atoms with Gasteiger partial charge in [-0.15, -0.1) is 0 Å². The summed E-state index contributed by atoms with van der Waals surface area (Å²) in [4.78, 5) is 10.7. The molecule has 0 unspecified atom stereocenters. The highest BCUT2D eigenvalue weighted by Gasteiger charge is 2.70. The fraction of sp³-hybridized carbons (Fsp3) is 0.833. The van der Waals surface area contributed by atoms with Crippen molar-refractivity contribution in [1.82, 2.24) is 0 Å². The number of hydrogen-bond donors (Lipinski definition) is 0. The number of alkyl halides is 2. The third kappa shape index (κ3) is 0.505. The predicted molar refractivity (Wildman–Crippen MR) is 35.7 cm³/mol. The Balaban J connectivity index is 2.28. The summed E-state index contributed by atoms with van der Waals surface area (Å²) in [5.74, 6) is 0.00309. The Morgan fingerprint density at radius 2 is 1.89 bits per heavy atom. The van der Waals surface area contributed by atoms with E-state index in [1.54, 1.807) is 0 Å². The minimum Gasteiger partial charge on any atom is -0.296 e. The molecule has 2 fully saturated rings. The van der Waals surface area contributed by atoms with Gasteiger partial charge < -0.3 is 0 Å². The molecule has 2 aliphatic carbocycles. The first-order chi connectivity index (χ1) is 4.08. The molecule has 0 amide bonds. The maximum absolute atomic E-state index is 10.7. The maximum Gasteiger partial charge on any atom is 0.181 e. The highest BCUT2D eigenvalue weighted by Crippen LogP contribution is 2.69. The first kappa shape index (κ1) is 5.99. The molecule has 0 aromatic carbocycles. The molecule has 0 radical (unpaired) electrons. The fourth-order valence-corrected chi connectivity index (χ4v) is 2.01. The molecule has 0 aromatic heterocycles. The van der Waals surface area contributed by atoms with E-state index in [2.05, 4.69) is 0 Å². The Morgan fingerprint density at radius 1 is 1.33 bits per heavy atom. The Morgan fingerprint density at radius 3 is 2.00 bits per heavy atom. The molecule has 0 N–H and O–H groups in total. The smallest absolute Gasteiger partial charge is 0.181 e. The van der Waals surface area contributed by atoms with Gasteiger partial charge in [0.05, 0.1) is 0 Å². The summed E-state index contributed by atoms with van der Waals surface area (Å²) in [6.07, 6.45) is 2.68. The Hall–Kier alpha value is 0.250. The summed E-state index contributed by atoms with van der Waals surface area (Å²) in [6, 6.07) is 0. The highest BCUT2D eigenvalue weighted by molar-refractivity contribution is 6.61. The van der Waals surface area contributed by atoms with E-state index in [9.17, 15) is 4.79 Å². The highest BCUT2D eigenvalue weighted by atomic mass is 35.5. The van der Waals surface area contributed by atoms with Crippen molar-refractivity contribution in [3.05, 3.63) is 0 Å². The van der Waals surface area contributed by atoms with Crippen molar-refractivity contribution in [2.45, 2.75) is 23.6 Å². The summed E-state index contributed by atoms with van der Waals surface area (Å²) >= 11 is 11.4. The number of carbonyl (C=O) groups is 1. The van der Waals surface area contributed by atoms with E-state index in [0.29, 0.717) is 6.42 Å². The largest absolute Gasteiger partial charge is 0.296 e. The van der Waals surface area contributed by atoms with Crippen LogP contribution in [0.15, 0.2) is 0 Å². The molecule has 0 aliphatic heterocycles. The zero-order chi connectivity index (χ0) is 6.70. The van der Waals surface area contributed by atoms with Crippen LogP contribution in [0.3, 0.4) is 0 Å². The molecule has 0 saturated heterocycles. The molecule has 2 rings (SSSR count). The predicted octanol–water partition coefficient (Wildman–Crippen LogP) is 1.91. The van der Waals surface area contributed by atoms with Crippen LogP contribution in [0.5, 0.6) is 0 Å². The molecule has 0 aromatic rings. The lowest BCUT2D eigenvalue weighted by Gasteiger charge is -2.38. The summed E-state index contributed by atoms with van der Waals surface area (Å²) in [5, 5.41) is 0. The molecule has 1 spiro atoms. The van der Waals surface area contributed by atoms with Crippen LogP contribution in [0.1, 0.15) is 19.3 Å². The van der Waals surface area contributed by atoms with Gasteiger partial charge in [0, 0.05) is 11.8 Å². The van der Waals surface area contributed by atoms with E-state index in [4.69, 9.17) is 23.2 Å². The average molecular weight is 165 g/mol. The number of hydrogen-bond acceptors (Lipinski definition) is 1. The van der Waals surface area contributed by atoms with Gasteiger partial charge >= 0.3 is 0 Å². The third-order valence-electron chi connectivity index (χ3n) is 2.37. The molecule has 0 atom stereocenters. The zero-order valence-electron chi connectivity index (χ0n) is 4.79. The number of Topliss-reactive ketones (excluding diaryl/α,β-unsaturated/α-hetero) is 1. The van der Waals surface area contributed by atoms with E-state index in [0.717, 1.165) is 12.8 Å². The molecule has 2 aliphatic rings. The van der Waals surface area contributed by atoms with Crippen molar-refractivity contribution < 1.29 is 4.79 Å². The van der Waals surface area contributed by atoms with Gasteiger partial charge in [-0.3, -0.25) is 4.79 Å². The first-order valence-corrected chi connectivity index (χ1v) is 3.75. The van der Waals surface area contributed by atoms with Gasteiger partial charge in [0.15, 0.2) is 10.1 Å². The number of rotatable bonds is 0. The van der Waals surface area contributed by atoms with Gasteiger partial charge in [0.1, 0.15) is 0 Å². The van der Waals surface area contributed by atoms with Crippen molar-refractivity contribution in [2.24, 2.45) is 5.41 Å². The van der Waals surface area contributed by atoms with Crippen LogP contribution >= 0.6 is 23.2 Å². The standard InChI is InChI=1S/C6H6Cl2O/c7-6(8)4(9)3-5(6)1-2-5/h1-3H2. The van der Waals surface area contributed by atoms with Crippen molar-refractivity contribution >= 4 is 29.0 Å². The Bertz CT molecular complexity index is 181. The van der Waals surface area contributed by atoms with Crippen LogP contribution in [0.25, 0.3) is 0 Å². The van der Waals surface area contributed by atoms with E-state index in [1.165, 1.54) is 0 Å². The summed E-state index contributed by atoms with van der Waals surface area (Å²) < 4.78 is -1.01. The van der Waals surface area contributed by atoms with Gasteiger partial charge in [-0.25, -0.2) is 0 Å². The lowest BCUT2D eigenvalue weighted by atomic mass is 9.79. The van der Waals surface area contributed by atoms with Crippen molar-refractivity contribution in [3.63, 3.8) is 0 Å². The second kappa shape index (κ2) is 1.30. The van der Waals surface area contributed by atoms with Gasteiger partial charge in [-0.1, -0.05) is 23.2 Å². The van der Waals surface area contributed by atoms with Crippen LogP contribution in [0, 0.1) is 5.41 Å². The number of ketones is 1. The van der Waals surface area contributed by atoms with Crippen LogP contribution in [-0.2, 0) is 4.79 Å². The second-order valence-corrected chi connectivity index (χ2v) is 4.28. The van der Waals surface area contributed by atoms with Crippen LogP contribution < -0.4 is 0 Å². The lowest BCUT2D eigenvalue weighted by Crippen LogP contribution is -2.49. The van der Waals surface area contributed by atoms with E-state index >= 15 is 0 Å². The van der Waals surface area contributed by atoms with E-state index in [1.807, 2.05) is 0 Å². The Labute approximate surface area is 63.3 Å². The topological polar surface area (TPSA) is 17.1 Å². The lowest BCUT2D eigenvalue weighted by molar-refractivity contribution is -0.129. The summed E-state index contributed by atoms with van der Waals surface area (Å²) in [6.45, 7) is 0. The zero-order valence-corrected chi connectivity index (χ0v) is 6.30. The van der Waals surface area contributed by atoms with E-state index < -0.39 is 4.33 Å². The van der Waals surface area contributed by atoms with Gasteiger partial charge in [-0.2, -0.15) is 0 Å². The van der Waals surface area contributed by atoms with Crippen LogP contribution in [-0.4, -0.2) is 10.1 Å². The summed E-state index contributed by atoms with van der Waals surface area (Å²) in [5.41, 5.74) is 0.0210. The van der Waals surface area contributed by atoms with Crippen molar-refractivity contribution in [2.75, 3.05) is 0 Å². The minimum absolute atomic E-state index is 0.00309. The van der Waals surface area contributed by atoms with Crippen LogP contribution in [0.2, 0.25) is 0 Å². The molecule has 3 heteroatoms.